The van der Waals surface area contributed by atoms with Crippen LogP contribution < -0.4 is 5.32 Å². The average molecular weight is 614 g/mol. The number of carbonyl (C=O) groups excluding carboxylic acids is 1. The van der Waals surface area contributed by atoms with Gasteiger partial charge in [0.25, 0.3) is 0 Å². The van der Waals surface area contributed by atoms with Crippen LogP contribution in [0.4, 0.5) is 0 Å². The van der Waals surface area contributed by atoms with Crippen molar-refractivity contribution >= 4 is 45.4 Å². The molecule has 1 unspecified atom stereocenters. The molecule has 0 fully saturated rings. The van der Waals surface area contributed by atoms with Gasteiger partial charge in [0.1, 0.15) is 0 Å². The number of benzene rings is 1. The van der Waals surface area contributed by atoms with E-state index in [0.29, 0.717) is 5.92 Å². The lowest BCUT2D eigenvalue weighted by Crippen LogP contribution is -2.17. The maximum Gasteiger partial charge on any atom is 0.159 e. The van der Waals surface area contributed by atoms with Crippen molar-refractivity contribution in [2.45, 2.75) is 78.7 Å². The number of hydrogen-bond donors (Lipinski definition) is 1. The molecule has 0 spiro atoms. The van der Waals surface area contributed by atoms with Crippen LogP contribution in [0.15, 0.2) is 85.6 Å². The van der Waals surface area contributed by atoms with Crippen LogP contribution in [0.25, 0.3) is 0 Å². The zero-order valence-corrected chi connectivity index (χ0v) is 27.0. The molecule has 0 amide bonds. The van der Waals surface area contributed by atoms with Crippen LogP contribution >= 0.6 is 27.7 Å². The minimum absolute atomic E-state index is 0.123. The molecule has 0 bridgehead atoms. The molecule has 1 N–H and O–H groups in total. The fourth-order valence-corrected chi connectivity index (χ4v) is 4.25. The van der Waals surface area contributed by atoms with Crippen LogP contribution in [-0.2, 0) is 6.54 Å². The third-order valence-electron chi connectivity index (χ3n) is 6.00. The molecule has 0 aliphatic heterocycles. The molecule has 2 rings (SSSR count). The molecule has 1 aromatic heterocycles. The highest BCUT2D eigenvalue weighted by Gasteiger charge is 2.13. The molecule has 0 aliphatic carbocycles. The molecule has 1 aromatic carbocycles. The summed E-state index contributed by atoms with van der Waals surface area (Å²) < 4.78 is 0.937. The summed E-state index contributed by atoms with van der Waals surface area (Å²) in [7, 11) is 0. The second-order valence-electron chi connectivity index (χ2n) is 9.17. The van der Waals surface area contributed by atoms with Crippen molar-refractivity contribution in [3.05, 3.63) is 81.9 Å². The standard InChI is InChI=1S/C23H35BrN4.C9H10OS/c1-6-9-12-21(7-2)23(28-19(5)22(24)17-25-8-3)14-18(4)27-16-20-11-10-13-26-15-20;1-7(10)8-3-5-9(11-2)6-4-8/h10-11,13-15,17,21,27H,6-9,12,16H2,1-5H3;3-6H,1-2H3/b18-14+,22-19-,25-17?,28-23+;. The summed E-state index contributed by atoms with van der Waals surface area (Å²) in [6.45, 7) is 13.8. The van der Waals surface area contributed by atoms with E-state index in [4.69, 9.17) is 4.99 Å². The number of Topliss-reactive ketones (excluding diaryl/α,β-unsaturated/α-hetero) is 1. The van der Waals surface area contributed by atoms with Crippen molar-refractivity contribution in [1.29, 1.82) is 0 Å². The van der Waals surface area contributed by atoms with Gasteiger partial charge in [-0.2, -0.15) is 0 Å². The van der Waals surface area contributed by atoms with Crippen LogP contribution in [0.3, 0.4) is 0 Å². The van der Waals surface area contributed by atoms with Gasteiger partial charge in [-0.3, -0.25) is 19.8 Å². The van der Waals surface area contributed by atoms with Crippen LogP contribution in [0.2, 0.25) is 0 Å². The van der Waals surface area contributed by atoms with Crippen LogP contribution in [0, 0.1) is 5.92 Å². The van der Waals surface area contributed by atoms with Crippen LogP contribution in [-0.4, -0.2) is 35.5 Å². The number of thioether (sulfide) groups is 1. The lowest BCUT2D eigenvalue weighted by atomic mass is 9.93. The Morgan fingerprint density at radius 1 is 1.13 bits per heavy atom. The Balaban J connectivity index is 0.000000573. The highest BCUT2D eigenvalue weighted by molar-refractivity contribution is 9.12. The molecule has 39 heavy (non-hydrogen) atoms. The smallest absolute Gasteiger partial charge is 0.159 e. The fourth-order valence-electron chi connectivity index (χ4n) is 3.61. The second-order valence-corrected chi connectivity index (χ2v) is 10.9. The summed E-state index contributed by atoms with van der Waals surface area (Å²) in [5.41, 5.74) is 5.15. The van der Waals surface area contributed by atoms with Gasteiger partial charge in [-0.25, -0.2) is 0 Å². The van der Waals surface area contributed by atoms with E-state index < -0.39 is 0 Å². The van der Waals surface area contributed by atoms with Gasteiger partial charge in [0.05, 0.1) is 10.2 Å². The minimum atomic E-state index is 0.123. The normalized spacial score (nSPS) is 13.4. The Bertz CT molecular complexity index is 1110. The predicted molar refractivity (Wildman–Crippen MR) is 174 cm³/mol. The first-order chi connectivity index (χ1) is 18.7. The van der Waals surface area contributed by atoms with Gasteiger partial charge in [-0.1, -0.05) is 44.9 Å². The van der Waals surface area contributed by atoms with Crippen LogP contribution in [0.5, 0.6) is 0 Å². The Morgan fingerprint density at radius 2 is 1.85 bits per heavy atom. The molecule has 0 saturated heterocycles. The molecule has 5 nitrogen and oxygen atoms in total. The third kappa shape index (κ3) is 14.4. The number of halogens is 1. The first-order valence-corrected chi connectivity index (χ1v) is 15.7. The summed E-state index contributed by atoms with van der Waals surface area (Å²) in [4.78, 5) is 25.5. The van der Waals surface area contributed by atoms with Crippen molar-refractivity contribution in [1.82, 2.24) is 10.3 Å². The molecular weight excluding hydrogens is 568 g/mol. The van der Waals surface area contributed by atoms with E-state index in [1.807, 2.05) is 62.8 Å². The van der Waals surface area contributed by atoms with Crippen molar-refractivity contribution in [3.63, 3.8) is 0 Å². The Hall–Kier alpha value is -2.51. The van der Waals surface area contributed by atoms with Gasteiger partial charge in [-0.15, -0.1) is 11.8 Å². The molecular formula is C32H45BrN4OS. The Labute approximate surface area is 248 Å². The topological polar surface area (TPSA) is 66.7 Å². The summed E-state index contributed by atoms with van der Waals surface area (Å²) in [6, 6.07) is 11.7. The van der Waals surface area contributed by atoms with Gasteiger partial charge in [0.2, 0.25) is 0 Å². The molecule has 1 atom stereocenters. The molecule has 0 aliphatic rings. The van der Waals surface area contributed by atoms with Gasteiger partial charge < -0.3 is 5.32 Å². The number of aromatic nitrogens is 1. The van der Waals surface area contributed by atoms with Crippen molar-refractivity contribution in [2.75, 3.05) is 12.8 Å². The number of rotatable bonds is 14. The van der Waals surface area contributed by atoms with E-state index in [2.05, 4.69) is 64.1 Å². The first kappa shape index (κ1) is 34.5. The number of nitrogens with one attached hydrogen (secondary N) is 1. The average Bonchev–Trinajstić information content (AvgIpc) is 2.95. The summed E-state index contributed by atoms with van der Waals surface area (Å²) in [5.74, 6) is 0.575. The monoisotopic (exact) mass is 612 g/mol. The van der Waals surface area contributed by atoms with E-state index in [-0.39, 0.29) is 5.78 Å². The summed E-state index contributed by atoms with van der Waals surface area (Å²) in [6.07, 6.45) is 14.4. The molecule has 2 aromatic rings. The number of allylic oxidation sites excluding steroid dienone is 4. The molecule has 212 valence electrons. The van der Waals surface area contributed by atoms with Crippen molar-refractivity contribution < 1.29 is 4.79 Å². The third-order valence-corrected chi connectivity index (χ3v) is 7.52. The van der Waals surface area contributed by atoms with Gasteiger partial charge in [0, 0.05) is 59.5 Å². The maximum atomic E-state index is 10.8. The van der Waals surface area contributed by atoms with E-state index in [0.717, 1.165) is 53.1 Å². The number of aliphatic imine (C=N–C) groups is 2. The second kappa shape index (κ2) is 20.4. The lowest BCUT2D eigenvalue weighted by Gasteiger charge is -2.17. The zero-order valence-electron chi connectivity index (χ0n) is 24.6. The number of unbranched alkanes of at least 4 members (excludes halogenated alkanes) is 1. The highest BCUT2D eigenvalue weighted by Crippen LogP contribution is 2.20. The molecule has 0 saturated carbocycles. The minimum Gasteiger partial charge on any atom is -0.384 e. The van der Waals surface area contributed by atoms with Gasteiger partial charge >= 0.3 is 0 Å². The van der Waals surface area contributed by atoms with E-state index in [1.54, 1.807) is 24.9 Å². The fraction of sp³-hybridized carbons (Fsp3) is 0.438. The number of hydrogen-bond acceptors (Lipinski definition) is 6. The number of nitrogens with zero attached hydrogens (tertiary/aromatic N) is 3. The molecule has 1 heterocycles. The first-order valence-electron chi connectivity index (χ1n) is 13.7. The molecule has 7 heteroatoms. The van der Waals surface area contributed by atoms with E-state index in [1.165, 1.54) is 23.3 Å². The SMILES string of the molecule is CCCCC(CC)C(/C=C(\C)NCc1cccnc1)=N/C(C)=C(\Br)C=NCC.CSc1ccc(C(C)=O)cc1. The number of carbonyl (C=O) groups is 1. The Kier molecular flexibility index (Phi) is 18.1. The zero-order chi connectivity index (χ0) is 29.0. The quantitative estimate of drug-likeness (QED) is 0.131. The highest BCUT2D eigenvalue weighted by atomic mass is 79.9. The largest absolute Gasteiger partial charge is 0.384 e. The number of pyridine rings is 1. The lowest BCUT2D eigenvalue weighted by molar-refractivity contribution is 0.101. The Morgan fingerprint density at radius 3 is 2.38 bits per heavy atom. The van der Waals surface area contributed by atoms with E-state index >= 15 is 0 Å². The summed E-state index contributed by atoms with van der Waals surface area (Å²) in [5, 5.41) is 3.49. The van der Waals surface area contributed by atoms with Crippen molar-refractivity contribution in [3.8, 4) is 0 Å². The van der Waals surface area contributed by atoms with Gasteiger partial charge in [0.15, 0.2) is 5.78 Å². The number of ketones is 1. The van der Waals surface area contributed by atoms with E-state index in [9.17, 15) is 4.79 Å². The molecule has 0 radical (unpaired) electrons. The van der Waals surface area contributed by atoms with Gasteiger partial charge in [-0.05, 0) is 92.6 Å². The predicted octanol–water partition coefficient (Wildman–Crippen LogP) is 9.06. The summed E-state index contributed by atoms with van der Waals surface area (Å²) >= 11 is 5.28. The van der Waals surface area contributed by atoms with Crippen molar-refractivity contribution in [2.24, 2.45) is 15.9 Å². The van der Waals surface area contributed by atoms with Crippen LogP contribution in [0.1, 0.15) is 83.1 Å². The maximum absolute atomic E-state index is 10.8.